The number of aromatic nitrogens is 1. The van der Waals surface area contributed by atoms with Crippen LogP contribution in [0, 0.1) is 0 Å². The normalized spacial score (nSPS) is 11.1. The van der Waals surface area contributed by atoms with Gasteiger partial charge in [0.25, 0.3) is 0 Å². The first-order valence-corrected chi connectivity index (χ1v) is 7.42. The summed E-state index contributed by atoms with van der Waals surface area (Å²) in [6.45, 7) is 5.59. The lowest BCUT2D eigenvalue weighted by molar-refractivity contribution is 0.190. The third kappa shape index (κ3) is 4.36. The van der Waals surface area contributed by atoms with Crippen LogP contribution in [0.5, 0.6) is 5.75 Å². The minimum absolute atomic E-state index is 0.290. The lowest BCUT2D eigenvalue weighted by Gasteiger charge is -2.20. The van der Waals surface area contributed by atoms with E-state index in [1.54, 1.807) is 12.1 Å². The van der Waals surface area contributed by atoms with Crippen LogP contribution in [0.2, 0.25) is 10.2 Å². The number of halogens is 2. The maximum atomic E-state index is 12.0. The smallest absolute Gasteiger partial charge is 0.408 e. The van der Waals surface area contributed by atoms with Gasteiger partial charge in [0.2, 0.25) is 0 Å². The molecule has 1 N–H and O–H groups in total. The van der Waals surface area contributed by atoms with Crippen molar-refractivity contribution in [1.82, 2.24) is 10.3 Å². The van der Waals surface area contributed by atoms with Crippen LogP contribution >= 0.6 is 23.2 Å². The standard InChI is InChI=1S/C16H16Cl2N2O2/c1-16(2,3)20-15(21)22-13-9-19-14(18)8-11(13)10-6-4-5-7-12(10)17/h4-9H,1-3H3,(H,20,21). The van der Waals surface area contributed by atoms with Crippen LogP contribution in [0.1, 0.15) is 20.8 Å². The number of hydrogen-bond acceptors (Lipinski definition) is 3. The van der Waals surface area contributed by atoms with Crippen molar-refractivity contribution in [3.63, 3.8) is 0 Å². The van der Waals surface area contributed by atoms with Crippen LogP contribution < -0.4 is 10.1 Å². The molecule has 2 rings (SSSR count). The summed E-state index contributed by atoms with van der Waals surface area (Å²) in [7, 11) is 0. The van der Waals surface area contributed by atoms with E-state index >= 15 is 0 Å². The summed E-state index contributed by atoms with van der Waals surface area (Å²) in [5.74, 6) is 0.291. The molecule has 1 aromatic heterocycles. The Kier molecular flexibility index (Phi) is 4.94. The molecule has 0 unspecified atom stereocenters. The molecule has 116 valence electrons. The van der Waals surface area contributed by atoms with Crippen LogP contribution in [-0.4, -0.2) is 16.6 Å². The zero-order valence-electron chi connectivity index (χ0n) is 12.5. The summed E-state index contributed by atoms with van der Waals surface area (Å²) in [6, 6.07) is 8.85. The Morgan fingerprint density at radius 1 is 1.18 bits per heavy atom. The number of pyridine rings is 1. The van der Waals surface area contributed by atoms with E-state index in [9.17, 15) is 4.79 Å². The Morgan fingerprint density at radius 2 is 1.86 bits per heavy atom. The summed E-state index contributed by atoms with van der Waals surface area (Å²) < 4.78 is 5.36. The van der Waals surface area contributed by atoms with Gasteiger partial charge >= 0.3 is 6.09 Å². The van der Waals surface area contributed by atoms with Crippen molar-refractivity contribution in [2.24, 2.45) is 0 Å². The maximum absolute atomic E-state index is 12.0. The van der Waals surface area contributed by atoms with Crippen molar-refractivity contribution in [2.45, 2.75) is 26.3 Å². The molecule has 0 fully saturated rings. The topological polar surface area (TPSA) is 51.2 Å². The van der Waals surface area contributed by atoms with Gasteiger partial charge in [-0.25, -0.2) is 9.78 Å². The average molecular weight is 339 g/mol. The van der Waals surface area contributed by atoms with E-state index < -0.39 is 11.6 Å². The van der Waals surface area contributed by atoms with Gasteiger partial charge in [-0.2, -0.15) is 0 Å². The maximum Gasteiger partial charge on any atom is 0.413 e. The fourth-order valence-corrected chi connectivity index (χ4v) is 2.22. The third-order valence-corrected chi connectivity index (χ3v) is 3.21. The number of benzene rings is 1. The Hall–Kier alpha value is -1.78. The predicted molar refractivity (Wildman–Crippen MR) is 88.6 cm³/mol. The van der Waals surface area contributed by atoms with E-state index in [0.29, 0.717) is 27.1 Å². The first-order valence-electron chi connectivity index (χ1n) is 6.67. The molecule has 0 atom stereocenters. The molecule has 0 aliphatic rings. The molecule has 0 bridgehead atoms. The van der Waals surface area contributed by atoms with Gasteiger partial charge in [0.1, 0.15) is 5.15 Å². The molecule has 0 saturated carbocycles. The van der Waals surface area contributed by atoms with Crippen LogP contribution in [0.25, 0.3) is 11.1 Å². The molecule has 0 spiro atoms. The summed E-state index contributed by atoms with van der Waals surface area (Å²) in [6.07, 6.45) is 0.841. The summed E-state index contributed by atoms with van der Waals surface area (Å²) in [5, 5.41) is 3.54. The summed E-state index contributed by atoms with van der Waals surface area (Å²) >= 11 is 12.2. The van der Waals surface area contributed by atoms with E-state index in [0.717, 1.165) is 0 Å². The lowest BCUT2D eigenvalue weighted by atomic mass is 10.1. The fourth-order valence-electron chi connectivity index (χ4n) is 1.82. The van der Waals surface area contributed by atoms with E-state index in [-0.39, 0.29) is 0 Å². The number of carbonyl (C=O) groups excluding carboxylic acids is 1. The summed E-state index contributed by atoms with van der Waals surface area (Å²) in [5.41, 5.74) is 0.920. The molecular weight excluding hydrogens is 323 g/mol. The fraction of sp³-hybridized carbons (Fsp3) is 0.250. The van der Waals surface area contributed by atoms with Crippen molar-refractivity contribution >= 4 is 29.3 Å². The molecule has 22 heavy (non-hydrogen) atoms. The van der Waals surface area contributed by atoms with Crippen molar-refractivity contribution in [1.29, 1.82) is 0 Å². The van der Waals surface area contributed by atoms with Crippen molar-refractivity contribution in [3.05, 3.63) is 46.7 Å². The van der Waals surface area contributed by atoms with Crippen LogP contribution in [0.4, 0.5) is 4.79 Å². The number of nitrogens with one attached hydrogen (secondary N) is 1. The molecular formula is C16H16Cl2N2O2. The quantitative estimate of drug-likeness (QED) is 0.788. The minimum atomic E-state index is -0.565. The highest BCUT2D eigenvalue weighted by Gasteiger charge is 2.18. The highest BCUT2D eigenvalue weighted by molar-refractivity contribution is 6.33. The number of carbonyl (C=O) groups is 1. The molecule has 1 aromatic carbocycles. The molecule has 0 radical (unpaired) electrons. The minimum Gasteiger partial charge on any atom is -0.408 e. The van der Waals surface area contributed by atoms with Crippen molar-refractivity contribution in [3.8, 4) is 16.9 Å². The SMILES string of the molecule is CC(C)(C)NC(=O)Oc1cnc(Cl)cc1-c1ccccc1Cl. The highest BCUT2D eigenvalue weighted by atomic mass is 35.5. The van der Waals surface area contributed by atoms with Gasteiger partial charge in [-0.1, -0.05) is 41.4 Å². The van der Waals surface area contributed by atoms with Gasteiger partial charge in [-0.15, -0.1) is 0 Å². The van der Waals surface area contributed by atoms with Gasteiger partial charge in [-0.3, -0.25) is 0 Å². The largest absolute Gasteiger partial charge is 0.413 e. The number of amides is 1. The molecule has 0 saturated heterocycles. The van der Waals surface area contributed by atoms with Crippen LogP contribution in [0.15, 0.2) is 36.5 Å². The number of ether oxygens (including phenoxy) is 1. The molecule has 2 aromatic rings. The van der Waals surface area contributed by atoms with E-state index in [1.165, 1.54) is 6.20 Å². The van der Waals surface area contributed by atoms with Gasteiger partial charge in [-0.05, 0) is 32.9 Å². The average Bonchev–Trinajstić information content (AvgIpc) is 2.39. The summed E-state index contributed by atoms with van der Waals surface area (Å²) in [4.78, 5) is 15.9. The van der Waals surface area contributed by atoms with E-state index in [2.05, 4.69) is 10.3 Å². The molecule has 1 amide bonds. The number of hydrogen-bond donors (Lipinski definition) is 1. The predicted octanol–water partition coefficient (Wildman–Crippen LogP) is 4.94. The zero-order chi connectivity index (χ0) is 16.3. The third-order valence-electron chi connectivity index (χ3n) is 2.68. The Morgan fingerprint density at radius 3 is 2.50 bits per heavy atom. The monoisotopic (exact) mass is 338 g/mol. The zero-order valence-corrected chi connectivity index (χ0v) is 14.0. The highest BCUT2D eigenvalue weighted by Crippen LogP contribution is 2.35. The molecule has 4 nitrogen and oxygen atoms in total. The molecule has 0 aliphatic heterocycles. The van der Waals surface area contributed by atoms with Crippen LogP contribution in [-0.2, 0) is 0 Å². The lowest BCUT2D eigenvalue weighted by Crippen LogP contribution is -2.42. The Bertz CT molecular complexity index is 697. The van der Waals surface area contributed by atoms with Gasteiger partial charge in [0.05, 0.1) is 6.20 Å². The van der Waals surface area contributed by atoms with Gasteiger partial charge in [0, 0.05) is 21.7 Å². The van der Waals surface area contributed by atoms with Crippen LogP contribution in [0.3, 0.4) is 0 Å². The Balaban J connectivity index is 2.37. The Labute approximate surface area is 139 Å². The van der Waals surface area contributed by atoms with Crippen molar-refractivity contribution < 1.29 is 9.53 Å². The molecule has 1 heterocycles. The molecule has 0 aliphatic carbocycles. The van der Waals surface area contributed by atoms with E-state index in [4.69, 9.17) is 27.9 Å². The van der Waals surface area contributed by atoms with E-state index in [1.807, 2.05) is 39.0 Å². The first kappa shape index (κ1) is 16.6. The number of nitrogens with zero attached hydrogens (tertiary/aromatic N) is 1. The first-order chi connectivity index (χ1) is 10.3. The molecule has 6 heteroatoms. The van der Waals surface area contributed by atoms with Gasteiger partial charge < -0.3 is 10.1 Å². The second-order valence-corrected chi connectivity index (χ2v) is 6.54. The second kappa shape index (κ2) is 6.55. The number of rotatable bonds is 2. The van der Waals surface area contributed by atoms with Crippen molar-refractivity contribution in [2.75, 3.05) is 0 Å². The second-order valence-electron chi connectivity index (χ2n) is 5.75. The van der Waals surface area contributed by atoms with Gasteiger partial charge in [0.15, 0.2) is 5.75 Å².